The van der Waals surface area contributed by atoms with Crippen LogP contribution in [-0.4, -0.2) is 15.8 Å². The van der Waals surface area contributed by atoms with Gasteiger partial charge in [0.2, 0.25) is 0 Å². The normalized spacial score (nSPS) is 13.4. The topological polar surface area (TPSA) is 43.8 Å². The second-order valence-electron chi connectivity index (χ2n) is 5.52. The van der Waals surface area contributed by atoms with E-state index in [1.165, 1.54) is 5.56 Å². The lowest BCUT2D eigenvalue weighted by Crippen LogP contribution is -2.46. The van der Waals surface area contributed by atoms with Gasteiger partial charge in [0, 0.05) is 31.1 Å². The van der Waals surface area contributed by atoms with Gasteiger partial charge in [-0.3, -0.25) is 4.68 Å². The van der Waals surface area contributed by atoms with Crippen molar-refractivity contribution in [3.63, 3.8) is 0 Å². The lowest BCUT2D eigenvalue weighted by Gasteiger charge is -2.38. The molecule has 1 heterocycles. The van der Waals surface area contributed by atoms with Crippen LogP contribution in [0.15, 0.2) is 42.6 Å². The first-order chi connectivity index (χ1) is 9.62. The van der Waals surface area contributed by atoms with Crippen molar-refractivity contribution in [2.24, 2.45) is 12.8 Å². The van der Waals surface area contributed by atoms with E-state index in [1.54, 1.807) is 0 Å². The highest BCUT2D eigenvalue weighted by molar-refractivity contribution is 5.28. The van der Waals surface area contributed by atoms with Crippen LogP contribution < -0.4 is 5.73 Å². The van der Waals surface area contributed by atoms with Crippen molar-refractivity contribution >= 4 is 0 Å². The smallest absolute Gasteiger partial charge is 0.0640 e. The summed E-state index contributed by atoms with van der Waals surface area (Å²) in [4.78, 5) is 0. The van der Waals surface area contributed by atoms with Crippen molar-refractivity contribution in [1.82, 2.24) is 9.78 Å². The van der Waals surface area contributed by atoms with Crippen LogP contribution in [0.1, 0.15) is 37.9 Å². The monoisotopic (exact) mass is 271 g/mol. The Morgan fingerprint density at radius 2 is 1.80 bits per heavy atom. The fourth-order valence-corrected chi connectivity index (χ4v) is 3.16. The van der Waals surface area contributed by atoms with Crippen molar-refractivity contribution < 1.29 is 0 Å². The van der Waals surface area contributed by atoms with Gasteiger partial charge in [-0.25, -0.2) is 0 Å². The Hall–Kier alpha value is -1.61. The minimum atomic E-state index is 0.0266. The summed E-state index contributed by atoms with van der Waals surface area (Å²) in [5, 5.41) is 4.46. The quantitative estimate of drug-likeness (QED) is 0.877. The van der Waals surface area contributed by atoms with Crippen LogP contribution in [0.4, 0.5) is 0 Å². The highest BCUT2D eigenvalue weighted by Gasteiger charge is 2.35. The van der Waals surface area contributed by atoms with Crippen LogP contribution >= 0.6 is 0 Å². The standard InChI is InChI=1S/C17H25N3/c1-4-17(5-2,14-9-7-6-8-10-14)16(18)13-15-11-12-20(3)19-15/h6-12,16H,4-5,13,18H2,1-3H3. The van der Waals surface area contributed by atoms with E-state index < -0.39 is 0 Å². The summed E-state index contributed by atoms with van der Waals surface area (Å²) in [6, 6.07) is 12.8. The van der Waals surface area contributed by atoms with Gasteiger partial charge >= 0.3 is 0 Å². The molecule has 1 atom stereocenters. The summed E-state index contributed by atoms with van der Waals surface area (Å²) in [5.41, 5.74) is 9.04. The number of nitrogens with zero attached hydrogens (tertiary/aromatic N) is 2. The van der Waals surface area contributed by atoms with E-state index in [9.17, 15) is 0 Å². The molecule has 2 aromatic rings. The molecule has 2 rings (SSSR count). The molecular weight excluding hydrogens is 246 g/mol. The molecule has 0 amide bonds. The Morgan fingerprint density at radius 1 is 1.15 bits per heavy atom. The third kappa shape index (κ3) is 2.78. The van der Waals surface area contributed by atoms with E-state index >= 15 is 0 Å². The van der Waals surface area contributed by atoms with Crippen molar-refractivity contribution in [3.05, 3.63) is 53.9 Å². The molecule has 0 aliphatic carbocycles. The fourth-order valence-electron chi connectivity index (χ4n) is 3.16. The van der Waals surface area contributed by atoms with Gasteiger partial charge in [-0.2, -0.15) is 5.10 Å². The van der Waals surface area contributed by atoms with Gasteiger partial charge in [0.1, 0.15) is 0 Å². The molecule has 1 aromatic heterocycles. The van der Waals surface area contributed by atoms with E-state index in [0.717, 1.165) is 25.0 Å². The second-order valence-corrected chi connectivity index (χ2v) is 5.52. The zero-order chi connectivity index (χ0) is 14.6. The highest BCUT2D eigenvalue weighted by atomic mass is 15.2. The summed E-state index contributed by atoms with van der Waals surface area (Å²) in [5.74, 6) is 0. The van der Waals surface area contributed by atoms with Gasteiger partial charge in [-0.15, -0.1) is 0 Å². The minimum Gasteiger partial charge on any atom is -0.327 e. The first kappa shape index (κ1) is 14.8. The van der Waals surface area contributed by atoms with Gasteiger partial charge in [0.25, 0.3) is 0 Å². The predicted molar refractivity (Wildman–Crippen MR) is 83.6 cm³/mol. The number of hydrogen-bond donors (Lipinski definition) is 1. The zero-order valence-electron chi connectivity index (χ0n) is 12.7. The number of hydrogen-bond acceptors (Lipinski definition) is 2. The van der Waals surface area contributed by atoms with E-state index in [2.05, 4.69) is 55.3 Å². The first-order valence-electron chi connectivity index (χ1n) is 7.42. The molecule has 3 nitrogen and oxygen atoms in total. The number of rotatable bonds is 6. The molecule has 108 valence electrons. The van der Waals surface area contributed by atoms with Crippen LogP contribution in [0.25, 0.3) is 0 Å². The van der Waals surface area contributed by atoms with E-state index in [4.69, 9.17) is 5.73 Å². The molecule has 0 saturated carbocycles. The Labute approximate surface area is 121 Å². The number of nitrogens with two attached hydrogens (primary N) is 1. The average molecular weight is 271 g/mol. The van der Waals surface area contributed by atoms with Gasteiger partial charge in [-0.05, 0) is 24.5 Å². The number of aryl methyl sites for hydroxylation is 1. The van der Waals surface area contributed by atoms with Gasteiger partial charge in [0.05, 0.1) is 5.69 Å². The number of aromatic nitrogens is 2. The van der Waals surface area contributed by atoms with Crippen LogP contribution in [0.3, 0.4) is 0 Å². The van der Waals surface area contributed by atoms with Gasteiger partial charge < -0.3 is 5.73 Å². The van der Waals surface area contributed by atoms with Crippen molar-refractivity contribution in [2.75, 3.05) is 0 Å². The summed E-state index contributed by atoms with van der Waals surface area (Å²) in [6.45, 7) is 4.46. The lowest BCUT2D eigenvalue weighted by atomic mass is 9.69. The van der Waals surface area contributed by atoms with E-state index in [0.29, 0.717) is 0 Å². The van der Waals surface area contributed by atoms with Crippen LogP contribution in [-0.2, 0) is 18.9 Å². The maximum atomic E-state index is 6.60. The van der Waals surface area contributed by atoms with E-state index in [-0.39, 0.29) is 11.5 Å². The third-order valence-electron chi connectivity index (χ3n) is 4.52. The molecule has 0 aliphatic heterocycles. The molecule has 0 saturated heterocycles. The second kappa shape index (κ2) is 6.23. The first-order valence-corrected chi connectivity index (χ1v) is 7.42. The maximum Gasteiger partial charge on any atom is 0.0640 e. The molecular formula is C17H25N3. The van der Waals surface area contributed by atoms with Crippen molar-refractivity contribution in [2.45, 2.75) is 44.6 Å². The summed E-state index contributed by atoms with van der Waals surface area (Å²) < 4.78 is 1.84. The maximum absolute atomic E-state index is 6.60. The zero-order valence-corrected chi connectivity index (χ0v) is 12.7. The molecule has 2 N–H and O–H groups in total. The Bertz CT molecular complexity index is 526. The van der Waals surface area contributed by atoms with Gasteiger partial charge in [-0.1, -0.05) is 44.2 Å². The SMILES string of the molecule is CCC(CC)(c1ccccc1)C(N)Cc1ccn(C)n1. The van der Waals surface area contributed by atoms with Crippen LogP contribution in [0.2, 0.25) is 0 Å². The van der Waals surface area contributed by atoms with E-state index in [1.807, 2.05) is 17.9 Å². The van der Waals surface area contributed by atoms with Crippen molar-refractivity contribution in [1.29, 1.82) is 0 Å². The molecule has 0 aliphatic rings. The summed E-state index contributed by atoms with van der Waals surface area (Å²) >= 11 is 0. The largest absolute Gasteiger partial charge is 0.327 e. The lowest BCUT2D eigenvalue weighted by molar-refractivity contribution is 0.313. The minimum absolute atomic E-state index is 0.0266. The number of benzene rings is 1. The predicted octanol–water partition coefficient (Wildman–Crippen LogP) is 3.05. The summed E-state index contributed by atoms with van der Waals surface area (Å²) in [7, 11) is 1.94. The molecule has 1 unspecified atom stereocenters. The molecule has 0 bridgehead atoms. The van der Waals surface area contributed by atoms with Gasteiger partial charge in [0.15, 0.2) is 0 Å². The Balaban J connectivity index is 2.28. The fraction of sp³-hybridized carbons (Fsp3) is 0.471. The third-order valence-corrected chi connectivity index (χ3v) is 4.52. The molecule has 20 heavy (non-hydrogen) atoms. The highest BCUT2D eigenvalue weighted by Crippen LogP contribution is 2.35. The molecule has 0 radical (unpaired) electrons. The van der Waals surface area contributed by atoms with Crippen LogP contribution in [0, 0.1) is 0 Å². The Morgan fingerprint density at radius 3 is 2.30 bits per heavy atom. The summed E-state index contributed by atoms with van der Waals surface area (Å²) in [6.07, 6.45) is 4.88. The van der Waals surface area contributed by atoms with Crippen molar-refractivity contribution in [3.8, 4) is 0 Å². The van der Waals surface area contributed by atoms with Crippen LogP contribution in [0.5, 0.6) is 0 Å². The average Bonchev–Trinajstić information content (AvgIpc) is 2.87. The molecule has 3 heteroatoms. The molecule has 0 fully saturated rings. The Kier molecular flexibility index (Phi) is 4.61. The molecule has 0 spiro atoms. The molecule has 1 aromatic carbocycles.